The van der Waals surface area contributed by atoms with Crippen molar-refractivity contribution < 1.29 is 9.18 Å². The summed E-state index contributed by atoms with van der Waals surface area (Å²) in [4.78, 5) is 30.5. The van der Waals surface area contributed by atoms with E-state index < -0.39 is 0 Å². The molecule has 9 heteroatoms. The third-order valence-electron chi connectivity index (χ3n) is 8.75. The smallest absolute Gasteiger partial charge is 0.245 e. The average molecular weight is 574 g/mol. The highest BCUT2D eigenvalue weighted by Gasteiger charge is 2.44. The number of nitrogens with zero attached hydrogens (tertiary/aromatic N) is 6. The van der Waals surface area contributed by atoms with E-state index in [9.17, 15) is 9.18 Å². The maximum Gasteiger partial charge on any atom is 0.245 e. The van der Waals surface area contributed by atoms with Crippen molar-refractivity contribution in [3.63, 3.8) is 0 Å². The summed E-state index contributed by atoms with van der Waals surface area (Å²) in [7, 11) is 0. The molecule has 1 spiro atoms. The average Bonchev–Trinajstić information content (AvgIpc) is 3.40. The lowest BCUT2D eigenvalue weighted by molar-refractivity contribution is -0.131. The van der Waals surface area contributed by atoms with Crippen LogP contribution in [-0.2, 0) is 11.3 Å². The minimum atomic E-state index is -0.289. The van der Waals surface area contributed by atoms with Crippen molar-refractivity contribution in [2.24, 2.45) is 5.41 Å². The molecule has 0 unspecified atom stereocenters. The van der Waals surface area contributed by atoms with Gasteiger partial charge in [-0.25, -0.2) is 19.3 Å². The van der Waals surface area contributed by atoms with Gasteiger partial charge in [0.1, 0.15) is 17.2 Å². The first-order valence-electron chi connectivity index (χ1n) is 14.5. The van der Waals surface area contributed by atoms with E-state index in [4.69, 9.17) is 15.7 Å². The van der Waals surface area contributed by atoms with E-state index in [0.717, 1.165) is 73.6 Å². The molecule has 2 saturated heterocycles. The van der Waals surface area contributed by atoms with Crippen molar-refractivity contribution in [2.45, 2.75) is 19.4 Å². The Morgan fingerprint density at radius 1 is 0.977 bits per heavy atom. The number of likely N-dealkylation sites (tertiary alicyclic amines) is 2. The molecule has 0 aliphatic carbocycles. The Hall–Kier alpha value is -4.89. The summed E-state index contributed by atoms with van der Waals surface area (Å²) in [6.07, 6.45) is 5.16. The molecule has 0 radical (unpaired) electrons. The molecule has 43 heavy (non-hydrogen) atoms. The van der Waals surface area contributed by atoms with Gasteiger partial charge in [0.2, 0.25) is 5.91 Å². The zero-order valence-electron chi connectivity index (χ0n) is 23.8. The number of carbonyl (C=O) groups is 1. The van der Waals surface area contributed by atoms with E-state index in [1.54, 1.807) is 18.3 Å². The Morgan fingerprint density at radius 3 is 2.42 bits per heavy atom. The van der Waals surface area contributed by atoms with E-state index in [-0.39, 0.29) is 11.7 Å². The Labute approximate surface area is 249 Å². The van der Waals surface area contributed by atoms with Crippen LogP contribution in [-0.4, -0.2) is 61.4 Å². The van der Waals surface area contributed by atoms with Gasteiger partial charge >= 0.3 is 0 Å². The van der Waals surface area contributed by atoms with Crippen molar-refractivity contribution in [1.29, 1.82) is 0 Å². The number of fused-ring (bicyclic) bond motifs is 1. The molecular weight excluding hydrogens is 541 g/mol. The second-order valence-corrected chi connectivity index (χ2v) is 11.6. The highest BCUT2D eigenvalue weighted by Crippen LogP contribution is 2.41. The summed E-state index contributed by atoms with van der Waals surface area (Å²) >= 11 is 0. The topological polar surface area (TPSA) is 93.2 Å². The fraction of sp³-hybridized carbons (Fsp3) is 0.235. The highest BCUT2D eigenvalue weighted by atomic mass is 19.1. The van der Waals surface area contributed by atoms with Gasteiger partial charge in [-0.2, -0.15) is 0 Å². The number of imidazole rings is 1. The fourth-order valence-corrected chi connectivity index (χ4v) is 6.44. The fourth-order valence-electron chi connectivity index (χ4n) is 6.44. The first kappa shape index (κ1) is 27.0. The molecule has 5 heterocycles. The number of hydrogen-bond donors (Lipinski definition) is 1. The molecule has 5 aromatic rings. The van der Waals surface area contributed by atoms with Gasteiger partial charge in [0.25, 0.3) is 0 Å². The van der Waals surface area contributed by atoms with Crippen LogP contribution >= 0.6 is 0 Å². The van der Waals surface area contributed by atoms with Crippen molar-refractivity contribution in [3.05, 3.63) is 103 Å². The van der Waals surface area contributed by atoms with E-state index in [0.29, 0.717) is 22.7 Å². The van der Waals surface area contributed by atoms with Crippen LogP contribution in [0.3, 0.4) is 0 Å². The van der Waals surface area contributed by atoms with Crippen molar-refractivity contribution in [3.8, 4) is 28.3 Å². The number of rotatable bonds is 6. The normalized spacial score (nSPS) is 16.3. The molecule has 2 aliphatic rings. The zero-order valence-corrected chi connectivity index (χ0v) is 23.8. The molecule has 2 N–H and O–H groups in total. The van der Waals surface area contributed by atoms with Gasteiger partial charge in [0.05, 0.1) is 11.3 Å². The maximum atomic E-state index is 13.6. The van der Waals surface area contributed by atoms with Crippen LogP contribution in [0.4, 0.5) is 10.2 Å². The standard InChI is InChI=1S/C34H32FN7O/c1-2-30(43)41-18-15-34(16-19-41)21-40(22-34)20-23-5-11-26(12-6-23)42-32(27-4-3-17-37-31(27)36)39-29-14-13-28(38-33(29)42)24-7-9-25(35)10-8-24/h2-14,17H,1,15-16,18-22H2,(H2,36,37). The van der Waals surface area contributed by atoms with Crippen LogP contribution in [0.15, 0.2) is 91.6 Å². The summed E-state index contributed by atoms with van der Waals surface area (Å²) in [5, 5.41) is 0. The number of halogens is 1. The van der Waals surface area contributed by atoms with Gasteiger partial charge in [-0.15, -0.1) is 0 Å². The molecule has 1 amide bonds. The minimum Gasteiger partial charge on any atom is -0.383 e. The molecule has 2 fully saturated rings. The summed E-state index contributed by atoms with van der Waals surface area (Å²) in [5.41, 5.74) is 12.4. The number of hydrogen-bond acceptors (Lipinski definition) is 6. The van der Waals surface area contributed by atoms with Gasteiger partial charge in [-0.05, 0) is 90.6 Å². The highest BCUT2D eigenvalue weighted by molar-refractivity contribution is 5.87. The SMILES string of the molecule is C=CC(=O)N1CCC2(CC1)CN(Cc1ccc(-n3c(-c4cccnc4N)nc4ccc(-c5ccc(F)cc5)nc43)cc1)C2. The number of piperidine rings is 1. The molecule has 2 aliphatic heterocycles. The molecule has 3 aromatic heterocycles. The number of amides is 1. The van der Waals surface area contributed by atoms with Crippen LogP contribution in [0.25, 0.3) is 39.5 Å². The number of nitrogen functional groups attached to an aromatic ring is 1. The number of nitrogens with two attached hydrogens (primary N) is 1. The minimum absolute atomic E-state index is 0.0352. The molecule has 2 aromatic carbocycles. The lowest BCUT2D eigenvalue weighted by Crippen LogP contribution is -2.60. The monoisotopic (exact) mass is 573 g/mol. The van der Waals surface area contributed by atoms with E-state index in [1.165, 1.54) is 23.8 Å². The lowest BCUT2D eigenvalue weighted by atomic mass is 9.72. The van der Waals surface area contributed by atoms with Gasteiger partial charge in [-0.1, -0.05) is 18.7 Å². The predicted molar refractivity (Wildman–Crippen MR) is 166 cm³/mol. The quantitative estimate of drug-likeness (QED) is 0.271. The van der Waals surface area contributed by atoms with Crippen molar-refractivity contribution >= 4 is 22.9 Å². The number of benzene rings is 2. The molecule has 7 rings (SSSR count). The number of aromatic nitrogens is 4. The van der Waals surface area contributed by atoms with Gasteiger partial charge < -0.3 is 10.6 Å². The molecule has 216 valence electrons. The number of anilines is 1. The van der Waals surface area contributed by atoms with Crippen LogP contribution in [0, 0.1) is 11.2 Å². The van der Waals surface area contributed by atoms with Gasteiger partial charge in [0, 0.05) is 50.2 Å². The van der Waals surface area contributed by atoms with E-state index in [1.807, 2.05) is 33.7 Å². The van der Waals surface area contributed by atoms with E-state index >= 15 is 0 Å². The number of carbonyl (C=O) groups excluding carboxylic acids is 1. The molecule has 0 atom stereocenters. The predicted octanol–water partition coefficient (Wildman–Crippen LogP) is 5.48. The third kappa shape index (κ3) is 5.06. The van der Waals surface area contributed by atoms with E-state index in [2.05, 4.69) is 40.7 Å². The summed E-state index contributed by atoms with van der Waals surface area (Å²) in [5.74, 6) is 0.792. The van der Waals surface area contributed by atoms with Gasteiger partial charge in [0.15, 0.2) is 11.5 Å². The molecule has 8 nitrogen and oxygen atoms in total. The Balaban J connectivity index is 1.16. The lowest BCUT2D eigenvalue weighted by Gasteiger charge is -2.54. The van der Waals surface area contributed by atoms with Crippen LogP contribution in [0.1, 0.15) is 18.4 Å². The number of pyridine rings is 2. The Kier molecular flexibility index (Phi) is 6.74. The zero-order chi connectivity index (χ0) is 29.6. The molecule has 0 saturated carbocycles. The first-order chi connectivity index (χ1) is 20.9. The second kappa shape index (κ2) is 10.7. The van der Waals surface area contributed by atoms with Crippen LogP contribution in [0.2, 0.25) is 0 Å². The van der Waals surface area contributed by atoms with Crippen molar-refractivity contribution in [1.82, 2.24) is 29.3 Å². The molecule has 0 bridgehead atoms. The van der Waals surface area contributed by atoms with Crippen LogP contribution in [0.5, 0.6) is 0 Å². The second-order valence-electron chi connectivity index (χ2n) is 11.6. The summed E-state index contributed by atoms with van der Waals surface area (Å²) in [6, 6.07) is 22.4. The molecular formula is C34H32FN7O. The third-order valence-corrected chi connectivity index (χ3v) is 8.75. The Bertz CT molecular complexity index is 1810. The maximum absolute atomic E-state index is 13.6. The first-order valence-corrected chi connectivity index (χ1v) is 14.5. The van der Waals surface area contributed by atoms with Crippen LogP contribution < -0.4 is 5.73 Å². The largest absolute Gasteiger partial charge is 0.383 e. The Morgan fingerprint density at radius 2 is 1.72 bits per heavy atom. The summed E-state index contributed by atoms with van der Waals surface area (Å²) in [6.45, 7) is 8.22. The van der Waals surface area contributed by atoms with Gasteiger partial charge in [-0.3, -0.25) is 14.3 Å². The summed E-state index contributed by atoms with van der Waals surface area (Å²) < 4.78 is 15.6. The van der Waals surface area contributed by atoms with Crippen molar-refractivity contribution in [2.75, 3.05) is 31.9 Å².